The quantitative estimate of drug-likeness (QED) is 0.764. The SMILES string of the molecule is Cn1cc(NC(=O)Cc2csc(Cc3ccc(F)cc3)n2)ccc1=O. The Morgan fingerprint density at radius 3 is 2.72 bits per heavy atom. The molecule has 0 unspecified atom stereocenters. The van der Waals surface area contributed by atoms with Crippen LogP contribution in [-0.4, -0.2) is 15.5 Å². The number of hydrogen-bond acceptors (Lipinski definition) is 4. The first kappa shape index (κ1) is 17.0. The molecule has 1 amide bonds. The van der Waals surface area contributed by atoms with Gasteiger partial charge in [0.1, 0.15) is 5.82 Å². The average molecular weight is 357 g/mol. The summed E-state index contributed by atoms with van der Waals surface area (Å²) in [5.41, 5.74) is 2.08. The Hall–Kier alpha value is -2.80. The van der Waals surface area contributed by atoms with Crippen molar-refractivity contribution in [3.05, 3.63) is 80.4 Å². The van der Waals surface area contributed by atoms with Crippen molar-refractivity contribution in [3.63, 3.8) is 0 Å². The summed E-state index contributed by atoms with van der Waals surface area (Å²) in [6.07, 6.45) is 2.33. The molecule has 2 heterocycles. The number of aromatic nitrogens is 2. The average Bonchev–Trinajstić information content (AvgIpc) is 3.00. The lowest BCUT2D eigenvalue weighted by molar-refractivity contribution is -0.115. The Bertz CT molecular complexity index is 947. The van der Waals surface area contributed by atoms with E-state index in [4.69, 9.17) is 0 Å². The lowest BCUT2D eigenvalue weighted by atomic mass is 10.1. The zero-order valence-corrected chi connectivity index (χ0v) is 14.3. The maximum absolute atomic E-state index is 12.9. The molecule has 0 aliphatic heterocycles. The number of carbonyl (C=O) groups is 1. The number of thiazole rings is 1. The fourth-order valence-electron chi connectivity index (χ4n) is 2.33. The largest absolute Gasteiger partial charge is 0.324 e. The topological polar surface area (TPSA) is 64.0 Å². The van der Waals surface area contributed by atoms with Gasteiger partial charge >= 0.3 is 0 Å². The van der Waals surface area contributed by atoms with E-state index in [0.717, 1.165) is 10.6 Å². The number of nitrogens with zero attached hydrogens (tertiary/aromatic N) is 2. The van der Waals surface area contributed by atoms with Gasteiger partial charge in [0.25, 0.3) is 0 Å². The van der Waals surface area contributed by atoms with Crippen LogP contribution in [0.5, 0.6) is 0 Å². The zero-order chi connectivity index (χ0) is 17.8. The molecule has 25 heavy (non-hydrogen) atoms. The summed E-state index contributed by atoms with van der Waals surface area (Å²) in [5, 5.41) is 5.47. The maximum Gasteiger partial charge on any atom is 0.250 e. The lowest BCUT2D eigenvalue weighted by Crippen LogP contribution is -2.19. The number of benzene rings is 1. The van der Waals surface area contributed by atoms with Crippen molar-refractivity contribution in [2.24, 2.45) is 7.05 Å². The van der Waals surface area contributed by atoms with E-state index in [1.54, 1.807) is 31.4 Å². The molecule has 0 saturated heterocycles. The van der Waals surface area contributed by atoms with Gasteiger partial charge in [-0.3, -0.25) is 9.59 Å². The Kier molecular flexibility index (Phi) is 5.04. The molecule has 0 aliphatic carbocycles. The number of nitrogens with one attached hydrogen (secondary N) is 1. The fraction of sp³-hybridized carbons (Fsp3) is 0.167. The predicted octanol–water partition coefficient (Wildman–Crippen LogP) is 2.75. The standard InChI is InChI=1S/C18H16FN3O2S/c1-22-10-14(6-7-18(22)24)20-16(23)9-15-11-25-17(21-15)8-12-2-4-13(19)5-3-12/h2-7,10-11H,8-9H2,1H3,(H,20,23). The number of anilines is 1. The summed E-state index contributed by atoms with van der Waals surface area (Å²) in [4.78, 5) is 27.9. The van der Waals surface area contributed by atoms with Crippen LogP contribution in [0.25, 0.3) is 0 Å². The highest BCUT2D eigenvalue weighted by atomic mass is 32.1. The van der Waals surface area contributed by atoms with Crippen molar-refractivity contribution >= 4 is 22.9 Å². The third-order valence-corrected chi connectivity index (χ3v) is 4.48. The molecule has 2 aromatic heterocycles. The number of rotatable bonds is 5. The summed E-state index contributed by atoms with van der Waals surface area (Å²) in [6, 6.07) is 9.26. The molecular formula is C18H16FN3O2S. The molecule has 0 radical (unpaired) electrons. The Morgan fingerprint density at radius 1 is 1.24 bits per heavy atom. The van der Waals surface area contributed by atoms with Gasteiger partial charge in [-0.2, -0.15) is 0 Å². The molecule has 0 spiro atoms. The van der Waals surface area contributed by atoms with Gasteiger partial charge in [-0.15, -0.1) is 11.3 Å². The van der Waals surface area contributed by atoms with Crippen LogP contribution < -0.4 is 10.9 Å². The van der Waals surface area contributed by atoms with E-state index in [1.165, 1.54) is 34.1 Å². The van der Waals surface area contributed by atoms with Crippen LogP contribution in [-0.2, 0) is 24.7 Å². The minimum atomic E-state index is -0.265. The fourth-order valence-corrected chi connectivity index (χ4v) is 3.15. The molecule has 3 rings (SSSR count). The van der Waals surface area contributed by atoms with E-state index < -0.39 is 0 Å². The summed E-state index contributed by atoms with van der Waals surface area (Å²) < 4.78 is 14.3. The molecule has 0 atom stereocenters. The normalized spacial score (nSPS) is 10.6. The molecule has 0 saturated carbocycles. The number of hydrogen-bond donors (Lipinski definition) is 1. The maximum atomic E-state index is 12.9. The molecule has 7 heteroatoms. The predicted molar refractivity (Wildman–Crippen MR) is 95.3 cm³/mol. The summed E-state index contributed by atoms with van der Waals surface area (Å²) >= 11 is 1.47. The minimum absolute atomic E-state index is 0.136. The summed E-state index contributed by atoms with van der Waals surface area (Å²) in [6.45, 7) is 0. The number of amides is 1. The van der Waals surface area contributed by atoms with Crippen molar-refractivity contribution in [1.82, 2.24) is 9.55 Å². The smallest absolute Gasteiger partial charge is 0.250 e. The van der Waals surface area contributed by atoms with E-state index in [1.807, 2.05) is 5.38 Å². The number of carbonyl (C=O) groups excluding carboxylic acids is 1. The minimum Gasteiger partial charge on any atom is -0.324 e. The Balaban J connectivity index is 1.60. The van der Waals surface area contributed by atoms with Gasteiger partial charge in [-0.05, 0) is 23.8 Å². The van der Waals surface area contributed by atoms with Crippen LogP contribution in [0.4, 0.5) is 10.1 Å². The van der Waals surface area contributed by atoms with Gasteiger partial charge in [0, 0.05) is 31.1 Å². The molecule has 0 aliphatic rings. The van der Waals surface area contributed by atoms with Gasteiger partial charge in [0.05, 0.1) is 22.8 Å². The highest BCUT2D eigenvalue weighted by Crippen LogP contribution is 2.16. The van der Waals surface area contributed by atoms with Crippen LogP contribution in [0, 0.1) is 5.82 Å². The zero-order valence-electron chi connectivity index (χ0n) is 13.5. The van der Waals surface area contributed by atoms with E-state index >= 15 is 0 Å². The van der Waals surface area contributed by atoms with Crippen LogP contribution in [0.15, 0.2) is 52.8 Å². The van der Waals surface area contributed by atoms with Gasteiger partial charge in [0.2, 0.25) is 11.5 Å². The Labute approximate surface area is 147 Å². The molecule has 0 fully saturated rings. The van der Waals surface area contributed by atoms with Crippen LogP contribution >= 0.6 is 11.3 Å². The van der Waals surface area contributed by atoms with E-state index in [9.17, 15) is 14.0 Å². The van der Waals surface area contributed by atoms with Crippen molar-refractivity contribution < 1.29 is 9.18 Å². The molecule has 1 N–H and O–H groups in total. The first-order valence-corrected chi connectivity index (χ1v) is 8.52. The van der Waals surface area contributed by atoms with Crippen molar-refractivity contribution in [2.45, 2.75) is 12.8 Å². The van der Waals surface area contributed by atoms with Crippen LogP contribution in [0.2, 0.25) is 0 Å². The second kappa shape index (κ2) is 7.40. The third kappa shape index (κ3) is 4.60. The summed E-state index contributed by atoms with van der Waals surface area (Å²) in [7, 11) is 1.63. The van der Waals surface area contributed by atoms with Gasteiger partial charge in [0.15, 0.2) is 0 Å². The van der Waals surface area contributed by atoms with Gasteiger partial charge in [-0.25, -0.2) is 9.37 Å². The molecular weight excluding hydrogens is 341 g/mol. The number of halogens is 1. The lowest BCUT2D eigenvalue weighted by Gasteiger charge is -2.05. The molecule has 0 bridgehead atoms. The molecule has 5 nitrogen and oxygen atoms in total. The Morgan fingerprint density at radius 2 is 2.00 bits per heavy atom. The van der Waals surface area contributed by atoms with Crippen LogP contribution in [0.3, 0.4) is 0 Å². The molecule has 3 aromatic rings. The van der Waals surface area contributed by atoms with Gasteiger partial charge in [-0.1, -0.05) is 12.1 Å². The molecule has 128 valence electrons. The number of pyridine rings is 1. The molecule has 1 aromatic carbocycles. The number of aryl methyl sites for hydroxylation is 1. The first-order chi connectivity index (χ1) is 12.0. The van der Waals surface area contributed by atoms with Gasteiger partial charge < -0.3 is 9.88 Å². The van der Waals surface area contributed by atoms with E-state index in [2.05, 4.69) is 10.3 Å². The second-order valence-corrected chi connectivity index (χ2v) is 6.57. The van der Waals surface area contributed by atoms with E-state index in [0.29, 0.717) is 17.8 Å². The van der Waals surface area contributed by atoms with Crippen LogP contribution in [0.1, 0.15) is 16.3 Å². The van der Waals surface area contributed by atoms with Crippen molar-refractivity contribution in [1.29, 1.82) is 0 Å². The van der Waals surface area contributed by atoms with E-state index in [-0.39, 0.29) is 23.7 Å². The first-order valence-electron chi connectivity index (χ1n) is 7.64. The van der Waals surface area contributed by atoms with Crippen molar-refractivity contribution in [3.8, 4) is 0 Å². The highest BCUT2D eigenvalue weighted by Gasteiger charge is 2.09. The summed E-state index contributed by atoms with van der Waals surface area (Å²) in [5.74, 6) is -0.462. The third-order valence-electron chi connectivity index (χ3n) is 3.58. The highest BCUT2D eigenvalue weighted by molar-refractivity contribution is 7.09. The van der Waals surface area contributed by atoms with Crippen molar-refractivity contribution in [2.75, 3.05) is 5.32 Å². The monoisotopic (exact) mass is 357 g/mol. The second-order valence-electron chi connectivity index (χ2n) is 5.63.